The highest BCUT2D eigenvalue weighted by Gasteiger charge is 2.92. The standard InChI is InChI=1S/C88H134N8O8S8/c1-21-42-92-48-52-107-83(11,12)68(74(92)100)88(67-73(99)91(22-2)47-51-106-82(67,9)10)87(66-76(102)95-44-32-30-39-60(95)55-110-81(66,7)8,65-75(101)93-43-31-29-36-58(93)41-49-105-80(65,5)6)96(59-37-27-24-28-38-59)72(98)64(63-71(97)94-45-33-40-61(94)54-109-79(63,3)4)86(17,18)112(88,69-77(103)89(19)46-50-108-84(69,13)14)70-78(104)90(20)62(56-111-85(70,15)16)53-57-34-25-23-26-35-57/h23-28,34-35,37-38,58,60-70H,21-22,29-33,36,39-56H2,1-20H3. The number of fused-ring (bicyclic) bond motifs is 3. The van der Waals surface area contributed by atoms with Gasteiger partial charge in [0.05, 0.1) is 56.3 Å². The summed E-state index contributed by atoms with van der Waals surface area (Å²) in [6.07, 6.45) is 7.95. The first-order chi connectivity index (χ1) is 52.6. The van der Waals surface area contributed by atoms with E-state index in [0.29, 0.717) is 124 Å². The van der Waals surface area contributed by atoms with Crippen LogP contribution in [0.3, 0.4) is 0 Å². The van der Waals surface area contributed by atoms with Crippen LogP contribution < -0.4 is 4.90 Å². The number of carbonyl (C=O) groups excluding carboxylic acids is 8. The summed E-state index contributed by atoms with van der Waals surface area (Å²) in [6.45, 7) is 42.3. The largest absolute Gasteiger partial charge is 0.344 e. The first-order valence-corrected chi connectivity index (χ1v) is 51.0. The quantitative estimate of drug-likeness (QED) is 0.186. The summed E-state index contributed by atoms with van der Waals surface area (Å²) in [4.78, 5) is 174. The van der Waals surface area contributed by atoms with E-state index < -0.39 is 116 Å². The zero-order chi connectivity index (χ0) is 81.2. The molecule has 112 heavy (non-hydrogen) atoms. The van der Waals surface area contributed by atoms with Crippen molar-refractivity contribution in [2.24, 2.45) is 35.5 Å². The van der Waals surface area contributed by atoms with Gasteiger partial charge in [-0.3, -0.25) is 38.4 Å². The molecule has 622 valence electrons. The molecule has 11 fully saturated rings. The van der Waals surface area contributed by atoms with Crippen molar-refractivity contribution in [2.75, 3.05) is 112 Å². The minimum absolute atomic E-state index is 0.151. The van der Waals surface area contributed by atoms with Gasteiger partial charge in [0.1, 0.15) is 0 Å². The normalized spacial score (nSPS) is 37.6. The molecule has 11 aliphatic heterocycles. The summed E-state index contributed by atoms with van der Waals surface area (Å²) in [6, 6.07) is 19.2. The smallest absolute Gasteiger partial charge is 0.235 e. The molecule has 0 aliphatic carbocycles. The van der Waals surface area contributed by atoms with E-state index in [1.807, 2.05) is 72.1 Å². The average molecular weight is 1690 g/mol. The molecule has 16 nitrogen and oxygen atoms in total. The number of thioether (sulfide) groups is 7. The Morgan fingerprint density at radius 3 is 1.45 bits per heavy atom. The Morgan fingerprint density at radius 1 is 0.402 bits per heavy atom. The van der Waals surface area contributed by atoms with Gasteiger partial charge in [-0.1, -0.05) is 69.3 Å². The lowest BCUT2D eigenvalue weighted by atomic mass is 9.48. The SMILES string of the molecule is CCCN1CCSC(C)(C)C(C2(C3C(=O)N(CC)CCSC3(C)C)C(C3C(=O)N4CCCCC4CCSC3(C)C)(C3C(=O)N4CCCCC4CSC3(C)C)N(c3ccccc3)C(=O)C(C3C(=O)N4CCCC4CSC3(C)C)C(C)(C)S2(C2C(=O)N(C)CCSC2(C)C)C2C(=O)N(C)C(Cc3ccccc3)CSC2(C)C)C1=O. The van der Waals surface area contributed by atoms with E-state index in [2.05, 4.69) is 166 Å². The van der Waals surface area contributed by atoms with Crippen molar-refractivity contribution < 1.29 is 38.4 Å². The summed E-state index contributed by atoms with van der Waals surface area (Å²) in [5.41, 5.74) is -1.09. The molecular formula is C88H134N8O8S8. The van der Waals surface area contributed by atoms with Crippen LogP contribution in [0.4, 0.5) is 5.69 Å². The molecule has 15 unspecified atom stereocenters. The number of para-hydroxylation sites is 1. The molecule has 13 rings (SSSR count). The van der Waals surface area contributed by atoms with Crippen LogP contribution in [-0.2, 0) is 44.8 Å². The van der Waals surface area contributed by atoms with Gasteiger partial charge >= 0.3 is 0 Å². The predicted octanol–water partition coefficient (Wildman–Crippen LogP) is 15.0. The van der Waals surface area contributed by atoms with E-state index in [1.165, 1.54) is 0 Å². The molecular weight excluding hydrogens is 1550 g/mol. The van der Waals surface area contributed by atoms with Crippen molar-refractivity contribution in [3.63, 3.8) is 0 Å². The Labute approximate surface area is 703 Å². The van der Waals surface area contributed by atoms with E-state index in [0.717, 1.165) is 44.1 Å². The molecule has 11 saturated heterocycles. The Balaban J connectivity index is 1.48. The summed E-state index contributed by atoms with van der Waals surface area (Å²) < 4.78 is -13.4. The molecule has 24 heteroatoms. The van der Waals surface area contributed by atoms with Crippen LogP contribution in [0.25, 0.3) is 0 Å². The average Bonchev–Trinajstić information content (AvgIpc) is 1.26. The molecule has 2 aromatic carbocycles. The van der Waals surface area contributed by atoms with Gasteiger partial charge in [0, 0.05) is 169 Å². The van der Waals surface area contributed by atoms with Crippen LogP contribution in [0.15, 0.2) is 60.7 Å². The lowest BCUT2D eigenvalue weighted by molar-refractivity contribution is -0.163. The number of rotatable bonds is 13. The number of carbonyl (C=O) groups is 8. The third kappa shape index (κ3) is 14.0. The van der Waals surface area contributed by atoms with Crippen LogP contribution in [0.2, 0.25) is 0 Å². The molecule has 8 amide bonds. The number of hydrogen-bond donors (Lipinski definition) is 0. The van der Waals surface area contributed by atoms with Gasteiger partial charge in [-0.25, -0.2) is 10.0 Å². The number of anilines is 1. The Morgan fingerprint density at radius 2 is 0.857 bits per heavy atom. The van der Waals surface area contributed by atoms with Gasteiger partial charge in [-0.2, -0.15) is 82.3 Å². The van der Waals surface area contributed by atoms with E-state index in [-0.39, 0.29) is 66.0 Å². The van der Waals surface area contributed by atoms with Gasteiger partial charge in [0.25, 0.3) is 0 Å². The maximum absolute atomic E-state index is 21.0. The first kappa shape index (κ1) is 86.8. The highest BCUT2D eigenvalue weighted by Crippen LogP contribution is 2.91. The van der Waals surface area contributed by atoms with Gasteiger partial charge in [0.15, 0.2) is 0 Å². The molecule has 11 aliphatic rings. The molecule has 0 bridgehead atoms. The van der Waals surface area contributed by atoms with Gasteiger partial charge < -0.3 is 39.2 Å². The first-order valence-electron chi connectivity index (χ1n) is 42.4. The van der Waals surface area contributed by atoms with Crippen LogP contribution >= 0.6 is 92.4 Å². The van der Waals surface area contributed by atoms with Crippen molar-refractivity contribution in [2.45, 2.75) is 278 Å². The fourth-order valence-corrected chi connectivity index (χ4v) is 43.8. The maximum atomic E-state index is 21.0. The third-order valence-electron chi connectivity index (χ3n) is 29.0. The summed E-state index contributed by atoms with van der Waals surface area (Å²) in [5.74, 6) is -7.31. The minimum Gasteiger partial charge on any atom is -0.344 e. The molecule has 0 aromatic heterocycles. The van der Waals surface area contributed by atoms with Crippen molar-refractivity contribution in [3.05, 3.63) is 66.2 Å². The van der Waals surface area contributed by atoms with Crippen molar-refractivity contribution >= 4 is 145 Å². The fraction of sp³-hybridized carbons (Fsp3) is 0.773. The van der Waals surface area contributed by atoms with Crippen LogP contribution in [0.5, 0.6) is 0 Å². The van der Waals surface area contributed by atoms with Crippen LogP contribution in [0.1, 0.15) is 194 Å². The van der Waals surface area contributed by atoms with E-state index in [4.69, 9.17) is 0 Å². The van der Waals surface area contributed by atoms with Crippen molar-refractivity contribution in [1.82, 2.24) is 34.3 Å². The molecule has 15 atom stereocenters. The predicted molar refractivity (Wildman–Crippen MR) is 477 cm³/mol. The molecule has 0 spiro atoms. The highest BCUT2D eigenvalue weighted by molar-refractivity contribution is 8.38. The van der Waals surface area contributed by atoms with Gasteiger partial charge in [0.2, 0.25) is 47.3 Å². The Hall–Kier alpha value is -3.00. The minimum atomic E-state index is -4.52. The monoisotopic (exact) mass is 1690 g/mol. The summed E-state index contributed by atoms with van der Waals surface area (Å²) in [7, 11) is -0.646. The van der Waals surface area contributed by atoms with Crippen molar-refractivity contribution in [1.29, 1.82) is 0 Å². The number of benzene rings is 2. The number of piperidine rings is 2. The lowest BCUT2D eigenvalue weighted by Crippen LogP contribution is -2.90. The van der Waals surface area contributed by atoms with Crippen LogP contribution in [0, 0.1) is 35.5 Å². The van der Waals surface area contributed by atoms with Crippen LogP contribution in [-0.4, -0.2) is 271 Å². The zero-order valence-corrected chi connectivity index (χ0v) is 77.7. The molecule has 2 aromatic rings. The van der Waals surface area contributed by atoms with E-state index >= 15 is 38.4 Å². The topological polar surface area (TPSA) is 162 Å². The van der Waals surface area contributed by atoms with E-state index in [1.54, 1.807) is 82.3 Å². The van der Waals surface area contributed by atoms with Gasteiger partial charge in [-0.05, 0) is 198 Å². The summed E-state index contributed by atoms with van der Waals surface area (Å²) in [5, 5.41) is -2.82. The molecule has 0 radical (unpaired) electrons. The van der Waals surface area contributed by atoms with Crippen molar-refractivity contribution in [3.8, 4) is 0 Å². The lowest BCUT2D eigenvalue weighted by Gasteiger charge is -2.81. The second-order valence-corrected chi connectivity index (χ2v) is 54.8. The molecule has 0 saturated carbocycles. The zero-order valence-electron chi connectivity index (χ0n) is 71.2. The maximum Gasteiger partial charge on any atom is 0.235 e. The second-order valence-electron chi connectivity index (χ2n) is 38.7. The third-order valence-corrected chi connectivity index (χ3v) is 46.4. The highest BCUT2D eigenvalue weighted by atomic mass is 32.3. The summed E-state index contributed by atoms with van der Waals surface area (Å²) >= 11 is 12.0. The Bertz CT molecular complexity index is 3880. The fourth-order valence-electron chi connectivity index (χ4n) is 24.2. The van der Waals surface area contributed by atoms with Gasteiger partial charge in [-0.15, -0.1) is 0 Å². The molecule has 11 heterocycles. The molecule has 0 N–H and O–H groups in total. The second kappa shape index (κ2) is 32.2. The number of nitrogens with zero attached hydrogens (tertiary/aromatic N) is 8. The number of amides is 8. The number of likely N-dealkylation sites (N-methyl/N-ethyl adjacent to an activating group) is 1. The Kier molecular flexibility index (Phi) is 25.0. The number of hydrogen-bond acceptors (Lipinski definition) is 15. The van der Waals surface area contributed by atoms with E-state index in [9.17, 15) is 0 Å².